The van der Waals surface area contributed by atoms with Gasteiger partial charge in [0.15, 0.2) is 5.84 Å². The highest BCUT2D eigenvalue weighted by molar-refractivity contribution is 5.96. The van der Waals surface area contributed by atoms with E-state index in [1.165, 1.54) is 0 Å². The average molecular weight is 483 g/mol. The number of ether oxygens (including phenoxy) is 2. The lowest BCUT2D eigenvalue weighted by Crippen LogP contribution is -2.34. The molecular formula is C27H42N6O2. The summed E-state index contributed by atoms with van der Waals surface area (Å²) in [5.41, 5.74) is 15.9. The number of nitrogens with zero attached hydrogens (tertiary/aromatic N) is 4. The molecule has 1 aliphatic heterocycles. The number of amidine groups is 1. The number of hydrazone groups is 1. The first-order valence-electron chi connectivity index (χ1n) is 11.9. The minimum absolute atomic E-state index is 0.276. The van der Waals surface area contributed by atoms with E-state index >= 15 is 0 Å². The van der Waals surface area contributed by atoms with Crippen LogP contribution < -0.4 is 21.1 Å². The third kappa shape index (κ3) is 7.62. The van der Waals surface area contributed by atoms with E-state index in [0.29, 0.717) is 23.1 Å². The second kappa shape index (κ2) is 12.4. The monoisotopic (exact) mass is 482 g/mol. The molecule has 1 aromatic rings. The maximum atomic E-state index is 6.36. The zero-order valence-corrected chi connectivity index (χ0v) is 22.3. The van der Waals surface area contributed by atoms with Crippen molar-refractivity contribution < 1.29 is 9.47 Å². The van der Waals surface area contributed by atoms with Crippen molar-refractivity contribution >= 4 is 11.5 Å². The summed E-state index contributed by atoms with van der Waals surface area (Å²) in [5, 5.41) is 6.69. The highest BCUT2D eigenvalue weighted by atomic mass is 16.5. The number of aromatic nitrogens is 1. The van der Waals surface area contributed by atoms with Crippen molar-refractivity contribution in [1.82, 2.24) is 9.99 Å². The fraction of sp³-hybridized carbons (Fsp3) is 0.481. The van der Waals surface area contributed by atoms with Crippen LogP contribution in [0.25, 0.3) is 0 Å². The highest BCUT2D eigenvalue weighted by Crippen LogP contribution is 2.29. The van der Waals surface area contributed by atoms with Gasteiger partial charge in [-0.3, -0.25) is 5.01 Å². The summed E-state index contributed by atoms with van der Waals surface area (Å²) in [4.78, 5) is 6.43. The lowest BCUT2D eigenvalue weighted by Gasteiger charge is -2.32. The van der Waals surface area contributed by atoms with E-state index in [9.17, 15) is 0 Å². The molecule has 1 aliphatic rings. The molecule has 1 saturated heterocycles. The van der Waals surface area contributed by atoms with Crippen molar-refractivity contribution in [3.05, 3.63) is 65.7 Å². The molecule has 0 amide bonds. The van der Waals surface area contributed by atoms with Gasteiger partial charge in [-0.15, -0.1) is 0 Å². The van der Waals surface area contributed by atoms with Gasteiger partial charge in [0.05, 0.1) is 12.7 Å². The maximum absolute atomic E-state index is 6.36. The summed E-state index contributed by atoms with van der Waals surface area (Å²) in [6.07, 6.45) is 10.1. The minimum atomic E-state index is -0.393. The number of hydrogen-bond donors (Lipinski definition) is 2. The SMILES string of the molecule is C=C(/C=C(\C=C/C)C(C)(C)OC)[C@H]1CCCN(/N=C(\N)c2ccc(N(C)/C=C(/C)N)c(OC)n2)C1. The van der Waals surface area contributed by atoms with E-state index in [1.807, 2.05) is 49.0 Å². The van der Waals surface area contributed by atoms with Crippen LogP contribution in [0.1, 0.15) is 46.2 Å². The Morgan fingerprint density at radius 2 is 2.03 bits per heavy atom. The molecule has 1 fully saturated rings. The number of methoxy groups -OCH3 is 2. The first-order valence-corrected chi connectivity index (χ1v) is 11.9. The van der Waals surface area contributed by atoms with Crippen molar-refractivity contribution in [2.45, 2.75) is 46.1 Å². The van der Waals surface area contributed by atoms with E-state index < -0.39 is 5.60 Å². The maximum Gasteiger partial charge on any atom is 0.238 e. The third-order valence-corrected chi connectivity index (χ3v) is 6.14. The van der Waals surface area contributed by atoms with Crippen LogP contribution in [0.5, 0.6) is 5.88 Å². The Kier molecular flexibility index (Phi) is 9.95. The van der Waals surface area contributed by atoms with Crippen molar-refractivity contribution in [2.24, 2.45) is 22.5 Å². The summed E-state index contributed by atoms with van der Waals surface area (Å²) in [7, 11) is 5.19. The van der Waals surface area contributed by atoms with Crippen LogP contribution in [-0.4, -0.2) is 55.8 Å². The zero-order chi connectivity index (χ0) is 26.2. The number of piperidine rings is 1. The number of rotatable bonds is 10. The van der Waals surface area contributed by atoms with E-state index in [0.717, 1.165) is 42.8 Å². The molecule has 192 valence electrons. The quantitative estimate of drug-likeness (QED) is 0.293. The molecule has 35 heavy (non-hydrogen) atoms. The molecule has 0 aromatic carbocycles. The summed E-state index contributed by atoms with van der Waals surface area (Å²) in [6, 6.07) is 3.74. The molecule has 0 unspecified atom stereocenters. The van der Waals surface area contributed by atoms with Gasteiger partial charge in [0.2, 0.25) is 5.88 Å². The molecule has 4 N–H and O–H groups in total. The molecule has 2 rings (SSSR count). The van der Waals surface area contributed by atoms with Crippen LogP contribution in [0.4, 0.5) is 5.69 Å². The molecule has 0 bridgehead atoms. The van der Waals surface area contributed by atoms with Crippen LogP contribution >= 0.6 is 0 Å². The molecular weight excluding hydrogens is 440 g/mol. The summed E-state index contributed by atoms with van der Waals surface area (Å²) < 4.78 is 11.2. The standard InChI is InChI=1S/C27H42N6O2/c1-9-11-22(27(4,5)35-8)16-19(2)21-12-10-15-33(18-21)31-25(29)23-13-14-24(26(30-23)34-7)32(6)17-20(3)28/h9,11,13-14,16-17,21H,2,10,12,15,18,28H2,1,3-8H3,(H2,29,31)/b11-9-,20-17-,22-16+/t21-/m0/s1. The van der Waals surface area contributed by atoms with Crippen LogP contribution in [0.15, 0.2) is 65.1 Å². The molecule has 0 radical (unpaired) electrons. The molecule has 2 heterocycles. The zero-order valence-electron chi connectivity index (χ0n) is 22.3. The number of anilines is 1. The largest absolute Gasteiger partial charge is 0.479 e. The van der Waals surface area contributed by atoms with E-state index in [4.69, 9.17) is 20.9 Å². The molecule has 8 heteroatoms. The van der Waals surface area contributed by atoms with Gasteiger partial charge in [-0.1, -0.05) is 24.8 Å². The van der Waals surface area contributed by atoms with Gasteiger partial charge in [0.1, 0.15) is 11.4 Å². The molecule has 8 nitrogen and oxygen atoms in total. The first-order chi connectivity index (χ1) is 16.5. The van der Waals surface area contributed by atoms with Crippen molar-refractivity contribution in [1.29, 1.82) is 0 Å². The van der Waals surface area contributed by atoms with Crippen molar-refractivity contribution in [3.8, 4) is 5.88 Å². The Hall–Kier alpha value is -3.26. The van der Waals surface area contributed by atoms with Gasteiger partial charge in [0, 0.05) is 45.1 Å². The summed E-state index contributed by atoms with van der Waals surface area (Å²) in [5.74, 6) is 1.07. The molecule has 1 aromatic heterocycles. The average Bonchev–Trinajstić information content (AvgIpc) is 2.82. The number of allylic oxidation sites excluding steroid dienone is 3. The predicted octanol–water partition coefficient (Wildman–Crippen LogP) is 4.16. The predicted molar refractivity (Wildman–Crippen MR) is 145 cm³/mol. The Morgan fingerprint density at radius 1 is 1.31 bits per heavy atom. The van der Waals surface area contributed by atoms with Gasteiger partial charge in [0.25, 0.3) is 0 Å². The Morgan fingerprint density at radius 3 is 2.63 bits per heavy atom. The molecule has 0 saturated carbocycles. The lowest BCUT2D eigenvalue weighted by atomic mass is 9.87. The fourth-order valence-electron chi connectivity index (χ4n) is 3.96. The summed E-state index contributed by atoms with van der Waals surface area (Å²) in [6.45, 7) is 13.9. The third-order valence-electron chi connectivity index (χ3n) is 6.14. The molecule has 0 spiro atoms. The van der Waals surface area contributed by atoms with E-state index in [-0.39, 0.29) is 5.92 Å². The van der Waals surface area contributed by atoms with Gasteiger partial charge < -0.3 is 25.8 Å². The molecule has 1 atom stereocenters. The Labute approximate surface area is 210 Å². The van der Waals surface area contributed by atoms with Crippen LogP contribution in [0.2, 0.25) is 0 Å². The van der Waals surface area contributed by atoms with Crippen molar-refractivity contribution in [3.63, 3.8) is 0 Å². The Balaban J connectivity index is 2.22. The second-order valence-corrected chi connectivity index (χ2v) is 9.33. The highest BCUT2D eigenvalue weighted by Gasteiger charge is 2.25. The van der Waals surface area contributed by atoms with E-state index in [2.05, 4.69) is 42.7 Å². The Bertz CT molecular complexity index is 1000. The van der Waals surface area contributed by atoms with Gasteiger partial charge in [-0.2, -0.15) is 5.10 Å². The number of nitrogens with two attached hydrogens (primary N) is 2. The second-order valence-electron chi connectivity index (χ2n) is 9.33. The van der Waals surface area contributed by atoms with Crippen molar-refractivity contribution in [2.75, 3.05) is 39.3 Å². The van der Waals surface area contributed by atoms with Crippen LogP contribution in [-0.2, 0) is 4.74 Å². The van der Waals surface area contributed by atoms with Gasteiger partial charge >= 0.3 is 0 Å². The van der Waals surface area contributed by atoms with Gasteiger partial charge in [-0.25, -0.2) is 4.98 Å². The van der Waals surface area contributed by atoms with Gasteiger partial charge in [-0.05, 0) is 63.8 Å². The van der Waals surface area contributed by atoms with Crippen LogP contribution in [0, 0.1) is 5.92 Å². The lowest BCUT2D eigenvalue weighted by molar-refractivity contribution is 0.0579. The minimum Gasteiger partial charge on any atom is -0.479 e. The summed E-state index contributed by atoms with van der Waals surface area (Å²) >= 11 is 0. The topological polar surface area (TPSA) is 102 Å². The number of hydrogen-bond acceptors (Lipinski definition) is 7. The van der Waals surface area contributed by atoms with E-state index in [1.54, 1.807) is 20.4 Å². The fourth-order valence-corrected chi connectivity index (χ4v) is 3.96. The van der Waals surface area contributed by atoms with Crippen LogP contribution in [0.3, 0.4) is 0 Å². The number of pyridine rings is 1. The molecule has 0 aliphatic carbocycles. The normalized spacial score (nSPS) is 18.2. The smallest absolute Gasteiger partial charge is 0.238 e. The first kappa shape index (κ1) is 28.0.